The molecule has 3 aliphatic heterocycles. The number of phenolic OH excluding ortho intramolecular Hbond substituents is 1. The first-order valence-corrected chi connectivity index (χ1v) is 11.3. The number of fused-ring (bicyclic) bond motifs is 2. The van der Waals surface area contributed by atoms with Crippen molar-refractivity contribution in [2.24, 2.45) is 0 Å². The molecule has 0 aliphatic carbocycles. The van der Waals surface area contributed by atoms with Crippen molar-refractivity contribution in [2.75, 3.05) is 25.2 Å². The van der Waals surface area contributed by atoms with Gasteiger partial charge >= 0.3 is 6.09 Å². The van der Waals surface area contributed by atoms with Gasteiger partial charge in [-0.3, -0.25) is 4.79 Å². The lowest BCUT2D eigenvalue weighted by atomic mass is 10.1. The third kappa shape index (κ3) is 4.65. The lowest BCUT2D eigenvalue weighted by Crippen LogP contribution is -2.54. The van der Waals surface area contributed by atoms with E-state index in [-0.39, 0.29) is 28.7 Å². The number of anilines is 1. The van der Waals surface area contributed by atoms with E-state index in [0.29, 0.717) is 26.0 Å². The van der Waals surface area contributed by atoms with Crippen LogP contribution in [0.3, 0.4) is 0 Å². The van der Waals surface area contributed by atoms with Crippen LogP contribution in [0.15, 0.2) is 24.3 Å². The number of nitrogens with zero attached hydrogens (tertiary/aromatic N) is 2. The molecule has 1 N–H and O–H groups in total. The van der Waals surface area contributed by atoms with Crippen molar-refractivity contribution in [1.82, 2.24) is 4.90 Å². The molecular weight excluding hydrogens is 428 g/mol. The van der Waals surface area contributed by atoms with Crippen molar-refractivity contribution in [1.29, 1.82) is 0 Å². The molecule has 3 aliphatic rings. The summed E-state index contributed by atoms with van der Waals surface area (Å²) in [5.41, 5.74) is 0.497. The molecule has 2 fully saturated rings. The Balaban J connectivity index is 1.86. The molecule has 0 spiro atoms. The van der Waals surface area contributed by atoms with Crippen molar-refractivity contribution in [3.05, 3.63) is 29.8 Å². The van der Waals surface area contributed by atoms with Crippen LogP contribution in [0.1, 0.15) is 56.8 Å². The predicted octanol–water partition coefficient (Wildman–Crippen LogP) is 3.80. The van der Waals surface area contributed by atoms with E-state index in [1.165, 1.54) is 24.1 Å². The molecular formula is C24H32N2O7. The quantitative estimate of drug-likeness (QED) is 0.685. The summed E-state index contributed by atoms with van der Waals surface area (Å²) in [6.07, 6.45) is 0.954. The van der Waals surface area contributed by atoms with Crippen LogP contribution in [-0.2, 0) is 14.2 Å². The lowest BCUT2D eigenvalue weighted by Gasteiger charge is -2.39. The molecule has 1 aromatic rings. The maximum atomic E-state index is 13.6. The molecule has 0 saturated carbocycles. The highest BCUT2D eigenvalue weighted by molar-refractivity contribution is 6.06. The van der Waals surface area contributed by atoms with Crippen molar-refractivity contribution in [3.63, 3.8) is 0 Å². The fourth-order valence-electron chi connectivity index (χ4n) is 4.50. The monoisotopic (exact) mass is 460 g/mol. The maximum Gasteiger partial charge on any atom is 0.417 e. The SMILES string of the molecule is C=C1C[C@H]2[C@H](OC3CCCCO3)N(C(=O)OC(C)(C)C)c3cc(O)c(OC)cc3C(=O)N2C1. The molecule has 0 bridgehead atoms. The van der Waals surface area contributed by atoms with Gasteiger partial charge < -0.3 is 29.0 Å². The second-order valence-corrected chi connectivity index (χ2v) is 9.67. The Kier molecular flexibility index (Phi) is 6.28. The largest absolute Gasteiger partial charge is 0.504 e. The van der Waals surface area contributed by atoms with Gasteiger partial charge in [0.15, 0.2) is 24.0 Å². The lowest BCUT2D eigenvalue weighted by molar-refractivity contribution is -0.195. The zero-order chi connectivity index (χ0) is 23.9. The molecule has 2 amide bonds. The van der Waals surface area contributed by atoms with E-state index in [2.05, 4.69) is 6.58 Å². The standard InChI is InChI=1S/C24H32N2O7/c1-14-10-17-22(32-20-8-6-7-9-31-20)26(23(29)33-24(2,3)4)16-12-18(27)19(30-5)11-15(16)21(28)25(17)13-14/h11-12,17,20,22,27H,1,6-10,13H2,2-5H3/t17-,20?,22-/m0/s1. The van der Waals surface area contributed by atoms with E-state index in [0.717, 1.165) is 18.4 Å². The van der Waals surface area contributed by atoms with E-state index >= 15 is 0 Å². The Morgan fingerprint density at radius 3 is 2.67 bits per heavy atom. The molecule has 9 nitrogen and oxygen atoms in total. The Morgan fingerprint density at radius 1 is 1.27 bits per heavy atom. The maximum absolute atomic E-state index is 13.6. The zero-order valence-electron chi connectivity index (χ0n) is 19.6. The highest BCUT2D eigenvalue weighted by Crippen LogP contribution is 2.42. The molecule has 2 saturated heterocycles. The van der Waals surface area contributed by atoms with Crippen LogP contribution in [-0.4, -0.2) is 66.4 Å². The molecule has 4 rings (SSSR count). The minimum atomic E-state index is -0.889. The molecule has 0 aromatic heterocycles. The van der Waals surface area contributed by atoms with Crippen molar-refractivity contribution in [3.8, 4) is 11.5 Å². The highest BCUT2D eigenvalue weighted by atomic mass is 16.7. The number of carbonyl (C=O) groups excluding carboxylic acids is 2. The van der Waals surface area contributed by atoms with E-state index in [1.807, 2.05) is 0 Å². The molecule has 3 atom stereocenters. The first kappa shape index (κ1) is 23.4. The van der Waals surface area contributed by atoms with Crippen LogP contribution < -0.4 is 9.64 Å². The fourth-order valence-corrected chi connectivity index (χ4v) is 4.50. The number of rotatable bonds is 3. The topological polar surface area (TPSA) is 97.8 Å². The Labute approximate surface area is 193 Å². The number of carbonyl (C=O) groups is 2. The van der Waals surface area contributed by atoms with E-state index in [1.54, 1.807) is 25.7 Å². The van der Waals surface area contributed by atoms with Gasteiger partial charge in [0, 0.05) is 19.2 Å². The summed E-state index contributed by atoms with van der Waals surface area (Å²) in [5, 5.41) is 10.5. The number of benzene rings is 1. The third-order valence-corrected chi connectivity index (χ3v) is 5.94. The molecule has 33 heavy (non-hydrogen) atoms. The molecule has 9 heteroatoms. The van der Waals surface area contributed by atoms with Gasteiger partial charge in [-0.15, -0.1) is 0 Å². The van der Waals surface area contributed by atoms with Gasteiger partial charge in [0.2, 0.25) is 0 Å². The zero-order valence-corrected chi connectivity index (χ0v) is 19.6. The van der Waals surface area contributed by atoms with Gasteiger partial charge in [0.25, 0.3) is 5.91 Å². The second kappa shape index (κ2) is 8.87. The van der Waals surface area contributed by atoms with Gasteiger partial charge in [0.05, 0.1) is 24.4 Å². The average Bonchev–Trinajstić information content (AvgIpc) is 3.10. The van der Waals surface area contributed by atoms with Gasteiger partial charge in [-0.25, -0.2) is 9.69 Å². The Hall–Kier alpha value is -2.78. The minimum absolute atomic E-state index is 0.135. The van der Waals surface area contributed by atoms with Gasteiger partial charge in [-0.2, -0.15) is 0 Å². The number of amides is 2. The summed E-state index contributed by atoms with van der Waals surface area (Å²) < 4.78 is 23.1. The van der Waals surface area contributed by atoms with Crippen LogP contribution in [0.2, 0.25) is 0 Å². The Bertz CT molecular complexity index is 949. The van der Waals surface area contributed by atoms with Crippen LogP contribution in [0, 0.1) is 0 Å². The van der Waals surface area contributed by atoms with Crippen LogP contribution >= 0.6 is 0 Å². The van der Waals surface area contributed by atoms with Gasteiger partial charge in [0.1, 0.15) is 5.60 Å². The average molecular weight is 461 g/mol. The van der Waals surface area contributed by atoms with Crippen LogP contribution in [0.25, 0.3) is 0 Å². The molecule has 3 heterocycles. The number of hydrogen-bond donors (Lipinski definition) is 1. The fraction of sp³-hybridized carbons (Fsp3) is 0.583. The normalized spacial score (nSPS) is 25.4. The first-order valence-electron chi connectivity index (χ1n) is 11.3. The van der Waals surface area contributed by atoms with Crippen molar-refractivity contribution >= 4 is 17.7 Å². The number of methoxy groups -OCH3 is 1. The van der Waals surface area contributed by atoms with Crippen molar-refractivity contribution < 1.29 is 33.6 Å². The first-order chi connectivity index (χ1) is 15.6. The second-order valence-electron chi connectivity index (χ2n) is 9.67. The number of ether oxygens (including phenoxy) is 4. The van der Waals surface area contributed by atoms with Crippen LogP contribution in [0.4, 0.5) is 10.5 Å². The van der Waals surface area contributed by atoms with E-state index in [4.69, 9.17) is 18.9 Å². The number of hydrogen-bond acceptors (Lipinski definition) is 7. The van der Waals surface area contributed by atoms with Gasteiger partial charge in [-0.05, 0) is 52.5 Å². The summed E-state index contributed by atoms with van der Waals surface area (Å²) in [4.78, 5) is 30.2. The predicted molar refractivity (Wildman–Crippen MR) is 120 cm³/mol. The van der Waals surface area contributed by atoms with E-state index in [9.17, 15) is 14.7 Å². The summed E-state index contributed by atoms with van der Waals surface area (Å²) >= 11 is 0. The van der Waals surface area contributed by atoms with Crippen LogP contribution in [0.5, 0.6) is 11.5 Å². The van der Waals surface area contributed by atoms with E-state index < -0.39 is 30.3 Å². The number of phenols is 1. The molecule has 0 radical (unpaired) electrons. The summed E-state index contributed by atoms with van der Waals surface area (Å²) in [7, 11) is 1.40. The van der Waals surface area contributed by atoms with Gasteiger partial charge in [-0.1, -0.05) is 12.2 Å². The Morgan fingerprint density at radius 2 is 2.03 bits per heavy atom. The molecule has 180 valence electrons. The summed E-state index contributed by atoms with van der Waals surface area (Å²) in [6.45, 7) is 10.3. The number of aromatic hydroxyl groups is 1. The summed E-state index contributed by atoms with van der Waals surface area (Å²) in [5.74, 6) is -0.358. The minimum Gasteiger partial charge on any atom is -0.504 e. The van der Waals surface area contributed by atoms with Crippen molar-refractivity contribution in [2.45, 2.75) is 70.6 Å². The molecule has 1 aromatic carbocycles. The highest BCUT2D eigenvalue weighted by Gasteiger charge is 2.49. The smallest absolute Gasteiger partial charge is 0.417 e. The summed E-state index contributed by atoms with van der Waals surface area (Å²) in [6, 6.07) is 2.32. The third-order valence-electron chi connectivity index (χ3n) is 5.94. The molecule has 1 unspecified atom stereocenters.